The number of aromatic carboxylic acids is 1. The number of hydrogen-bond donors (Lipinski definition) is 1. The maximum absolute atomic E-state index is 11.0. The van der Waals surface area contributed by atoms with Gasteiger partial charge in [-0.3, -0.25) is 0 Å². The predicted octanol–water partition coefficient (Wildman–Crippen LogP) is 3.23. The summed E-state index contributed by atoms with van der Waals surface area (Å²) in [6.45, 7) is 0. The van der Waals surface area contributed by atoms with E-state index >= 15 is 0 Å². The van der Waals surface area contributed by atoms with E-state index in [1.165, 1.54) is 25.4 Å². The fourth-order valence-corrected chi connectivity index (χ4v) is 1.64. The van der Waals surface area contributed by atoms with Crippen molar-refractivity contribution in [2.45, 2.75) is 0 Å². The summed E-state index contributed by atoms with van der Waals surface area (Å²) >= 11 is 6.01. The van der Waals surface area contributed by atoms with Crippen LogP contribution in [-0.2, 0) is 0 Å². The van der Waals surface area contributed by atoms with Gasteiger partial charge in [0, 0.05) is 12.3 Å². The highest BCUT2D eigenvalue weighted by Crippen LogP contribution is 2.32. The Kier molecular flexibility index (Phi) is 3.87. The number of ether oxygens (including phenoxy) is 2. The third-order valence-corrected chi connectivity index (χ3v) is 2.64. The molecular formula is C13H10ClNO4. The number of benzene rings is 1. The summed E-state index contributed by atoms with van der Waals surface area (Å²) < 4.78 is 10.4. The van der Waals surface area contributed by atoms with Crippen LogP contribution in [0.2, 0.25) is 5.02 Å². The zero-order valence-corrected chi connectivity index (χ0v) is 10.7. The highest BCUT2D eigenvalue weighted by atomic mass is 35.5. The number of carboxylic acid groups (broad SMARTS) is 1. The second kappa shape index (κ2) is 5.58. The fourth-order valence-electron chi connectivity index (χ4n) is 1.43. The van der Waals surface area contributed by atoms with Crippen LogP contribution in [0.25, 0.3) is 0 Å². The van der Waals surface area contributed by atoms with Crippen LogP contribution in [0.4, 0.5) is 0 Å². The Labute approximate surface area is 114 Å². The average molecular weight is 280 g/mol. The number of carbonyl (C=O) groups is 1. The monoisotopic (exact) mass is 279 g/mol. The van der Waals surface area contributed by atoms with Crippen molar-refractivity contribution in [3.8, 4) is 17.4 Å². The molecule has 19 heavy (non-hydrogen) atoms. The van der Waals surface area contributed by atoms with E-state index in [0.717, 1.165) is 0 Å². The minimum absolute atomic E-state index is 0.0120. The molecule has 0 radical (unpaired) electrons. The van der Waals surface area contributed by atoms with Crippen LogP contribution in [0.5, 0.6) is 17.4 Å². The van der Waals surface area contributed by atoms with E-state index < -0.39 is 5.97 Å². The van der Waals surface area contributed by atoms with Crippen molar-refractivity contribution in [2.24, 2.45) is 0 Å². The van der Waals surface area contributed by atoms with Crippen molar-refractivity contribution in [3.05, 3.63) is 47.1 Å². The average Bonchev–Trinajstić information content (AvgIpc) is 2.41. The second-order valence-electron chi connectivity index (χ2n) is 3.56. The maximum atomic E-state index is 11.0. The molecule has 0 aliphatic rings. The van der Waals surface area contributed by atoms with Gasteiger partial charge < -0.3 is 14.6 Å². The van der Waals surface area contributed by atoms with Gasteiger partial charge in [0.2, 0.25) is 5.88 Å². The second-order valence-corrected chi connectivity index (χ2v) is 3.97. The van der Waals surface area contributed by atoms with Gasteiger partial charge in [-0.05, 0) is 24.3 Å². The number of carboxylic acids is 1. The van der Waals surface area contributed by atoms with Gasteiger partial charge in [-0.1, -0.05) is 11.6 Å². The van der Waals surface area contributed by atoms with E-state index in [0.29, 0.717) is 16.5 Å². The van der Waals surface area contributed by atoms with Gasteiger partial charge in [0.25, 0.3) is 0 Å². The van der Waals surface area contributed by atoms with E-state index in [4.69, 9.17) is 26.2 Å². The number of hydrogen-bond acceptors (Lipinski definition) is 4. The Morgan fingerprint density at radius 2 is 2.16 bits per heavy atom. The minimum atomic E-state index is -1.12. The number of pyridine rings is 1. The number of aromatic nitrogens is 1. The van der Waals surface area contributed by atoms with Crippen molar-refractivity contribution in [1.82, 2.24) is 4.98 Å². The lowest BCUT2D eigenvalue weighted by Gasteiger charge is -2.09. The SMILES string of the molecule is COc1ccc(Oc2ncccc2C(=O)O)c(Cl)c1. The Bertz CT molecular complexity index is 615. The van der Waals surface area contributed by atoms with Gasteiger partial charge in [-0.15, -0.1) is 0 Å². The van der Waals surface area contributed by atoms with Gasteiger partial charge in [-0.2, -0.15) is 0 Å². The van der Waals surface area contributed by atoms with Crippen molar-refractivity contribution in [3.63, 3.8) is 0 Å². The molecule has 0 aliphatic carbocycles. The lowest BCUT2D eigenvalue weighted by Crippen LogP contribution is -2.01. The molecule has 0 bridgehead atoms. The lowest BCUT2D eigenvalue weighted by molar-refractivity contribution is 0.0693. The first-order chi connectivity index (χ1) is 9.11. The van der Waals surface area contributed by atoms with Crippen molar-refractivity contribution in [2.75, 3.05) is 7.11 Å². The zero-order valence-electron chi connectivity index (χ0n) is 9.96. The number of methoxy groups -OCH3 is 1. The molecule has 0 atom stereocenters. The summed E-state index contributed by atoms with van der Waals surface area (Å²) in [6, 6.07) is 7.74. The topological polar surface area (TPSA) is 68.7 Å². The smallest absolute Gasteiger partial charge is 0.341 e. The molecular weight excluding hydrogens is 270 g/mol. The number of halogens is 1. The highest BCUT2D eigenvalue weighted by Gasteiger charge is 2.14. The van der Waals surface area contributed by atoms with E-state index in [9.17, 15) is 4.79 Å². The fraction of sp³-hybridized carbons (Fsp3) is 0.0769. The van der Waals surface area contributed by atoms with Crippen molar-refractivity contribution >= 4 is 17.6 Å². The van der Waals surface area contributed by atoms with E-state index in [2.05, 4.69) is 4.98 Å². The number of rotatable bonds is 4. The van der Waals surface area contributed by atoms with Crippen LogP contribution >= 0.6 is 11.6 Å². The number of nitrogens with zero attached hydrogens (tertiary/aromatic N) is 1. The molecule has 0 fully saturated rings. The van der Waals surface area contributed by atoms with Crippen molar-refractivity contribution in [1.29, 1.82) is 0 Å². The van der Waals surface area contributed by atoms with Crippen LogP contribution < -0.4 is 9.47 Å². The van der Waals surface area contributed by atoms with Gasteiger partial charge in [-0.25, -0.2) is 9.78 Å². The van der Waals surface area contributed by atoms with Gasteiger partial charge in [0.05, 0.1) is 12.1 Å². The predicted molar refractivity (Wildman–Crippen MR) is 69.3 cm³/mol. The first-order valence-corrected chi connectivity index (χ1v) is 5.69. The minimum Gasteiger partial charge on any atom is -0.497 e. The van der Waals surface area contributed by atoms with Crippen LogP contribution in [0, 0.1) is 0 Å². The quantitative estimate of drug-likeness (QED) is 0.930. The van der Waals surface area contributed by atoms with Crippen LogP contribution in [-0.4, -0.2) is 23.2 Å². The summed E-state index contributed by atoms with van der Waals surface area (Å²) in [5.74, 6) is -0.240. The summed E-state index contributed by atoms with van der Waals surface area (Å²) in [6.07, 6.45) is 1.44. The Morgan fingerprint density at radius 1 is 1.37 bits per heavy atom. The van der Waals surface area contributed by atoms with Gasteiger partial charge in [0.1, 0.15) is 17.1 Å². The van der Waals surface area contributed by atoms with Crippen LogP contribution in [0.15, 0.2) is 36.5 Å². The van der Waals surface area contributed by atoms with Gasteiger partial charge >= 0.3 is 5.97 Å². The molecule has 1 heterocycles. The molecule has 0 saturated heterocycles. The molecule has 0 unspecified atom stereocenters. The highest BCUT2D eigenvalue weighted by molar-refractivity contribution is 6.32. The molecule has 0 spiro atoms. The molecule has 2 aromatic rings. The molecule has 0 amide bonds. The van der Waals surface area contributed by atoms with Gasteiger partial charge in [0.15, 0.2) is 0 Å². The van der Waals surface area contributed by atoms with E-state index in [-0.39, 0.29) is 11.4 Å². The maximum Gasteiger partial charge on any atom is 0.341 e. The lowest BCUT2D eigenvalue weighted by atomic mass is 10.2. The summed E-state index contributed by atoms with van der Waals surface area (Å²) in [5.41, 5.74) is -0.0330. The first-order valence-electron chi connectivity index (χ1n) is 5.31. The molecule has 1 N–H and O–H groups in total. The Morgan fingerprint density at radius 3 is 2.79 bits per heavy atom. The standard InChI is InChI=1S/C13H10ClNO4/c1-18-8-4-5-11(10(14)7-8)19-12-9(13(16)17)3-2-6-15-12/h2-7H,1H3,(H,16,17). The molecule has 98 valence electrons. The van der Waals surface area contributed by atoms with Crippen molar-refractivity contribution < 1.29 is 19.4 Å². The largest absolute Gasteiger partial charge is 0.497 e. The summed E-state index contributed by atoms with van der Waals surface area (Å²) in [5, 5.41) is 9.33. The summed E-state index contributed by atoms with van der Waals surface area (Å²) in [4.78, 5) is 14.9. The molecule has 5 nitrogen and oxygen atoms in total. The third kappa shape index (κ3) is 2.95. The molecule has 1 aromatic heterocycles. The normalized spacial score (nSPS) is 10.0. The Balaban J connectivity index is 2.34. The third-order valence-electron chi connectivity index (χ3n) is 2.35. The molecule has 0 aliphatic heterocycles. The van der Waals surface area contributed by atoms with Crippen LogP contribution in [0.1, 0.15) is 10.4 Å². The molecule has 2 rings (SSSR count). The zero-order chi connectivity index (χ0) is 13.8. The van der Waals surface area contributed by atoms with E-state index in [1.54, 1.807) is 18.2 Å². The van der Waals surface area contributed by atoms with E-state index in [1.807, 2.05) is 0 Å². The Hall–Kier alpha value is -2.27. The molecule has 1 aromatic carbocycles. The first kappa shape index (κ1) is 13.2. The van der Waals surface area contributed by atoms with Crippen LogP contribution in [0.3, 0.4) is 0 Å². The summed E-state index contributed by atoms with van der Waals surface area (Å²) in [7, 11) is 1.52. The molecule has 6 heteroatoms. The molecule has 0 saturated carbocycles.